The second-order valence-corrected chi connectivity index (χ2v) is 5.22. The molecule has 2 aromatic carbocycles. The fourth-order valence-corrected chi connectivity index (χ4v) is 3.11. The van der Waals surface area contributed by atoms with Crippen LogP contribution in [0.15, 0.2) is 36.4 Å². The van der Waals surface area contributed by atoms with E-state index in [2.05, 4.69) is 0 Å². The van der Waals surface area contributed by atoms with Crippen LogP contribution in [0.1, 0.15) is 32.5 Å². The number of methoxy groups -OCH3 is 2. The number of carbonyl (C=O) groups excluding carboxylic acids is 2. The number of anilines is 1. The van der Waals surface area contributed by atoms with E-state index in [9.17, 15) is 9.59 Å². The lowest BCUT2D eigenvalue weighted by Crippen LogP contribution is -2.36. The molecule has 0 aromatic heterocycles. The van der Waals surface area contributed by atoms with E-state index in [1.54, 1.807) is 36.4 Å². The van der Waals surface area contributed by atoms with Crippen LogP contribution in [0.5, 0.6) is 11.5 Å². The first-order chi connectivity index (χ1) is 11.2. The van der Waals surface area contributed by atoms with Crippen LogP contribution < -0.4 is 14.4 Å². The average molecular weight is 311 g/mol. The first kappa shape index (κ1) is 13.6. The van der Waals surface area contributed by atoms with Crippen molar-refractivity contribution < 1.29 is 23.8 Å². The Hall–Kier alpha value is -3.02. The van der Waals surface area contributed by atoms with Crippen molar-refractivity contribution in [3.63, 3.8) is 0 Å². The minimum atomic E-state index is -0.778. The molecule has 0 unspecified atom stereocenters. The van der Waals surface area contributed by atoms with Gasteiger partial charge >= 0.3 is 5.97 Å². The summed E-state index contributed by atoms with van der Waals surface area (Å²) in [5, 5.41) is 0. The van der Waals surface area contributed by atoms with Crippen LogP contribution >= 0.6 is 0 Å². The third-order valence-corrected chi connectivity index (χ3v) is 4.11. The van der Waals surface area contributed by atoms with Crippen LogP contribution in [0.25, 0.3) is 0 Å². The quantitative estimate of drug-likeness (QED) is 0.797. The zero-order chi connectivity index (χ0) is 16.1. The fraction of sp³-hybridized carbons (Fsp3) is 0.176. The molecule has 0 spiro atoms. The Balaban J connectivity index is 1.95. The average Bonchev–Trinajstić information content (AvgIpc) is 2.87. The predicted molar refractivity (Wildman–Crippen MR) is 81.0 cm³/mol. The van der Waals surface area contributed by atoms with Gasteiger partial charge in [-0.1, -0.05) is 12.1 Å². The summed E-state index contributed by atoms with van der Waals surface area (Å²) < 4.78 is 16.1. The van der Waals surface area contributed by atoms with Crippen molar-refractivity contribution in [3.8, 4) is 11.5 Å². The summed E-state index contributed by atoms with van der Waals surface area (Å²) in [6.45, 7) is 0. The molecular formula is C17H13NO5. The maximum absolute atomic E-state index is 12.9. The van der Waals surface area contributed by atoms with Crippen molar-refractivity contribution in [2.75, 3.05) is 19.1 Å². The second-order valence-electron chi connectivity index (χ2n) is 5.22. The fourth-order valence-electron chi connectivity index (χ4n) is 3.11. The Morgan fingerprint density at radius 2 is 1.83 bits per heavy atom. The molecule has 6 heteroatoms. The number of fused-ring (bicyclic) bond motifs is 5. The molecule has 116 valence electrons. The highest BCUT2D eigenvalue weighted by molar-refractivity contribution is 6.16. The van der Waals surface area contributed by atoms with Gasteiger partial charge in [0.15, 0.2) is 11.5 Å². The predicted octanol–water partition coefficient (Wildman–Crippen LogP) is 2.53. The van der Waals surface area contributed by atoms with Crippen LogP contribution in [0.4, 0.5) is 5.69 Å². The number of hydrogen-bond donors (Lipinski definition) is 0. The molecule has 2 aliphatic rings. The van der Waals surface area contributed by atoms with E-state index in [0.717, 1.165) is 0 Å². The van der Waals surface area contributed by atoms with Crippen molar-refractivity contribution in [1.29, 1.82) is 0 Å². The third-order valence-electron chi connectivity index (χ3n) is 4.11. The molecule has 23 heavy (non-hydrogen) atoms. The maximum atomic E-state index is 12.9. The van der Waals surface area contributed by atoms with Crippen LogP contribution in [0.3, 0.4) is 0 Å². The highest BCUT2D eigenvalue weighted by Crippen LogP contribution is 2.48. The van der Waals surface area contributed by atoms with Crippen molar-refractivity contribution in [1.82, 2.24) is 0 Å². The van der Waals surface area contributed by atoms with E-state index in [1.807, 2.05) is 0 Å². The Morgan fingerprint density at radius 3 is 2.57 bits per heavy atom. The van der Waals surface area contributed by atoms with Gasteiger partial charge in [0.1, 0.15) is 0 Å². The molecule has 1 atom stereocenters. The number of para-hydroxylation sites is 1. The number of nitrogens with zero attached hydrogens (tertiary/aromatic N) is 1. The number of benzene rings is 2. The third kappa shape index (κ3) is 1.69. The van der Waals surface area contributed by atoms with Gasteiger partial charge in [0, 0.05) is 5.56 Å². The summed E-state index contributed by atoms with van der Waals surface area (Å²) in [6.07, 6.45) is -0.778. The van der Waals surface area contributed by atoms with Gasteiger partial charge in [0.05, 0.1) is 31.0 Å². The lowest BCUT2D eigenvalue weighted by Gasteiger charge is -2.31. The summed E-state index contributed by atoms with van der Waals surface area (Å²) >= 11 is 0. The second kappa shape index (κ2) is 4.74. The molecule has 1 amide bonds. The van der Waals surface area contributed by atoms with Gasteiger partial charge in [-0.15, -0.1) is 0 Å². The highest BCUT2D eigenvalue weighted by atomic mass is 16.6. The first-order valence-corrected chi connectivity index (χ1v) is 7.05. The van der Waals surface area contributed by atoms with E-state index in [-0.39, 0.29) is 5.91 Å². The van der Waals surface area contributed by atoms with Gasteiger partial charge < -0.3 is 14.2 Å². The van der Waals surface area contributed by atoms with E-state index >= 15 is 0 Å². The van der Waals surface area contributed by atoms with Crippen molar-refractivity contribution in [2.45, 2.75) is 6.23 Å². The summed E-state index contributed by atoms with van der Waals surface area (Å²) in [5.41, 5.74) is 1.86. The van der Waals surface area contributed by atoms with Crippen molar-refractivity contribution in [3.05, 3.63) is 53.1 Å². The molecule has 0 radical (unpaired) electrons. The molecule has 2 heterocycles. The molecule has 0 saturated heterocycles. The molecule has 2 aliphatic heterocycles. The molecule has 4 rings (SSSR count). The molecular weight excluding hydrogens is 298 g/mol. The maximum Gasteiger partial charge on any atom is 0.342 e. The van der Waals surface area contributed by atoms with Crippen LogP contribution in [0.2, 0.25) is 0 Å². The number of amides is 1. The van der Waals surface area contributed by atoms with E-state index in [4.69, 9.17) is 14.2 Å². The number of hydrogen-bond acceptors (Lipinski definition) is 5. The van der Waals surface area contributed by atoms with Gasteiger partial charge in [0.25, 0.3) is 5.91 Å². The first-order valence-electron chi connectivity index (χ1n) is 7.05. The van der Waals surface area contributed by atoms with E-state index in [0.29, 0.717) is 33.9 Å². The van der Waals surface area contributed by atoms with Crippen LogP contribution in [0, 0.1) is 0 Å². The topological polar surface area (TPSA) is 65.1 Å². The van der Waals surface area contributed by atoms with Crippen LogP contribution in [-0.4, -0.2) is 26.1 Å². The van der Waals surface area contributed by atoms with E-state index in [1.165, 1.54) is 19.1 Å². The molecule has 0 bridgehead atoms. The molecule has 0 N–H and O–H groups in total. The van der Waals surface area contributed by atoms with Gasteiger partial charge in [-0.25, -0.2) is 4.79 Å². The highest BCUT2D eigenvalue weighted by Gasteiger charge is 2.47. The van der Waals surface area contributed by atoms with Crippen molar-refractivity contribution in [2.24, 2.45) is 0 Å². The monoisotopic (exact) mass is 311 g/mol. The minimum Gasteiger partial charge on any atom is -0.493 e. The minimum absolute atomic E-state index is 0.277. The molecule has 0 fully saturated rings. The summed E-state index contributed by atoms with van der Waals surface area (Å²) in [5.74, 6) is 0.0787. The molecule has 6 nitrogen and oxygen atoms in total. The van der Waals surface area contributed by atoms with Gasteiger partial charge in [-0.05, 0) is 24.3 Å². The van der Waals surface area contributed by atoms with Gasteiger partial charge in [0.2, 0.25) is 6.23 Å². The summed E-state index contributed by atoms with van der Waals surface area (Å²) in [4.78, 5) is 26.6. The molecule has 2 aromatic rings. The van der Waals surface area contributed by atoms with Gasteiger partial charge in [-0.2, -0.15) is 0 Å². The smallest absolute Gasteiger partial charge is 0.342 e. The van der Waals surface area contributed by atoms with Crippen LogP contribution in [-0.2, 0) is 4.74 Å². The summed E-state index contributed by atoms with van der Waals surface area (Å²) in [7, 11) is 2.98. The SMILES string of the molecule is COc1ccc2c(c1OC)C(=O)N1c3ccccc3C(=O)O[C@@H]21. The lowest BCUT2D eigenvalue weighted by molar-refractivity contribution is 0.0273. The number of rotatable bonds is 2. The zero-order valence-corrected chi connectivity index (χ0v) is 12.5. The largest absolute Gasteiger partial charge is 0.493 e. The normalized spacial score (nSPS) is 18.0. The lowest BCUT2D eigenvalue weighted by atomic mass is 10.1. The Labute approximate surface area is 132 Å². The standard InChI is InChI=1S/C17H13NO5/c1-21-12-8-7-10-13(14(12)22-2)15(19)18-11-6-4-3-5-9(11)17(20)23-16(10)18/h3-8,16H,1-2H3/t16-/m0/s1. The van der Waals surface area contributed by atoms with E-state index < -0.39 is 12.2 Å². The number of esters is 1. The van der Waals surface area contributed by atoms with Crippen molar-refractivity contribution >= 4 is 17.6 Å². The number of ether oxygens (including phenoxy) is 3. The number of carbonyl (C=O) groups is 2. The van der Waals surface area contributed by atoms with Gasteiger partial charge in [-0.3, -0.25) is 9.69 Å². The summed E-state index contributed by atoms with van der Waals surface area (Å²) in [6, 6.07) is 10.3. The Morgan fingerprint density at radius 1 is 1.04 bits per heavy atom. The zero-order valence-electron chi connectivity index (χ0n) is 12.5. The molecule has 0 saturated carbocycles. The molecule has 0 aliphatic carbocycles. The Bertz CT molecular complexity index is 845. The Kier molecular flexibility index (Phi) is 2.81.